The average molecular weight is 379 g/mol. The summed E-state index contributed by atoms with van der Waals surface area (Å²) in [6, 6.07) is 10.1. The molecule has 0 unspecified atom stereocenters. The van der Waals surface area contributed by atoms with Crippen molar-refractivity contribution in [3.63, 3.8) is 0 Å². The molecule has 0 atom stereocenters. The molecule has 1 aromatic carbocycles. The number of hydrogen-bond donors (Lipinski definition) is 2. The van der Waals surface area contributed by atoms with Crippen LogP contribution in [0.15, 0.2) is 56.7 Å². The molecule has 128 valence electrons. The summed E-state index contributed by atoms with van der Waals surface area (Å²) in [5.41, 5.74) is 5.10. The minimum absolute atomic E-state index is 0.0252. The van der Waals surface area contributed by atoms with Gasteiger partial charge in [-0.05, 0) is 24.3 Å². The minimum Gasteiger partial charge on any atom is -0.459 e. The van der Waals surface area contributed by atoms with E-state index in [1.165, 1.54) is 12.3 Å². The summed E-state index contributed by atoms with van der Waals surface area (Å²) in [6.45, 7) is 0. The minimum atomic E-state index is -0.554. The van der Waals surface area contributed by atoms with E-state index in [1.54, 1.807) is 30.3 Å². The van der Waals surface area contributed by atoms with Gasteiger partial charge >= 0.3 is 5.91 Å². The fraction of sp³-hybridized carbons (Fsp3) is 0.0667. The third-order valence-corrected chi connectivity index (χ3v) is 4.05. The van der Waals surface area contributed by atoms with Crippen molar-refractivity contribution < 1.29 is 18.4 Å². The smallest absolute Gasteiger partial charge is 0.305 e. The summed E-state index contributed by atoms with van der Waals surface area (Å²) in [4.78, 5) is 23.3. The van der Waals surface area contributed by atoms with Crippen molar-refractivity contribution >= 4 is 35.2 Å². The fourth-order valence-electron chi connectivity index (χ4n) is 1.77. The predicted molar refractivity (Wildman–Crippen MR) is 89.8 cm³/mol. The van der Waals surface area contributed by atoms with Gasteiger partial charge in [0.1, 0.15) is 0 Å². The Morgan fingerprint density at radius 3 is 2.72 bits per heavy atom. The standard InChI is InChI=1S/C15H11ClN4O4S/c16-10-5-2-1-4-9(10)14-19-20-15(24-14)25-8-12(21)17-18-13(22)11-6-3-7-23-11/h1-7H,8H2,(H,17,21)(H,18,22). The van der Waals surface area contributed by atoms with Crippen molar-refractivity contribution in [2.45, 2.75) is 5.22 Å². The highest BCUT2D eigenvalue weighted by atomic mass is 35.5. The number of carbonyl (C=O) groups excluding carboxylic acids is 2. The van der Waals surface area contributed by atoms with Gasteiger partial charge in [-0.3, -0.25) is 20.4 Å². The highest BCUT2D eigenvalue weighted by molar-refractivity contribution is 7.99. The third-order valence-electron chi connectivity index (χ3n) is 2.90. The number of nitrogens with zero attached hydrogens (tertiary/aromatic N) is 2. The molecule has 3 aromatic rings. The lowest BCUT2D eigenvalue weighted by molar-refractivity contribution is -0.119. The molecule has 2 amide bonds. The Labute approximate surface area is 150 Å². The zero-order valence-corrected chi connectivity index (χ0v) is 14.1. The van der Waals surface area contributed by atoms with Crippen LogP contribution in [0.2, 0.25) is 5.02 Å². The van der Waals surface area contributed by atoms with Gasteiger partial charge in [0, 0.05) is 0 Å². The van der Waals surface area contributed by atoms with E-state index in [-0.39, 0.29) is 22.6 Å². The molecule has 10 heteroatoms. The van der Waals surface area contributed by atoms with Crippen LogP contribution in [0.25, 0.3) is 11.5 Å². The SMILES string of the molecule is O=C(CSc1nnc(-c2ccccc2Cl)o1)NNC(=O)c1ccco1. The van der Waals surface area contributed by atoms with Gasteiger partial charge in [0.2, 0.25) is 11.8 Å². The van der Waals surface area contributed by atoms with E-state index in [1.807, 2.05) is 0 Å². The summed E-state index contributed by atoms with van der Waals surface area (Å²) in [7, 11) is 0. The Kier molecular flexibility index (Phi) is 5.36. The Morgan fingerprint density at radius 1 is 1.12 bits per heavy atom. The van der Waals surface area contributed by atoms with E-state index in [9.17, 15) is 9.59 Å². The predicted octanol–water partition coefficient (Wildman–Crippen LogP) is 2.54. The van der Waals surface area contributed by atoms with Gasteiger partial charge < -0.3 is 8.83 Å². The lowest BCUT2D eigenvalue weighted by atomic mass is 10.2. The highest BCUT2D eigenvalue weighted by Gasteiger charge is 2.14. The van der Waals surface area contributed by atoms with E-state index in [0.717, 1.165) is 11.8 Å². The molecule has 0 spiro atoms. The zero-order chi connectivity index (χ0) is 17.6. The van der Waals surface area contributed by atoms with Crippen LogP contribution in [-0.4, -0.2) is 27.8 Å². The molecule has 8 nitrogen and oxygen atoms in total. The molecule has 2 heterocycles. The molecule has 0 fully saturated rings. The molecule has 25 heavy (non-hydrogen) atoms. The normalized spacial score (nSPS) is 10.4. The molecule has 0 aliphatic carbocycles. The maximum absolute atomic E-state index is 11.7. The number of hydrogen-bond acceptors (Lipinski definition) is 7. The summed E-state index contributed by atoms with van der Waals surface area (Å²) >= 11 is 7.09. The molecular formula is C15H11ClN4O4S. The molecule has 3 rings (SSSR count). The Morgan fingerprint density at radius 2 is 1.96 bits per heavy atom. The molecule has 0 saturated heterocycles. The second-order valence-electron chi connectivity index (χ2n) is 4.62. The first-order valence-corrected chi connectivity index (χ1v) is 8.34. The number of amides is 2. The van der Waals surface area contributed by atoms with Gasteiger partial charge in [-0.2, -0.15) is 0 Å². The molecule has 0 bridgehead atoms. The van der Waals surface area contributed by atoms with Gasteiger partial charge in [-0.15, -0.1) is 10.2 Å². The van der Waals surface area contributed by atoms with Crippen molar-refractivity contribution in [1.29, 1.82) is 0 Å². The summed E-state index contributed by atoms with van der Waals surface area (Å²) in [6.07, 6.45) is 1.36. The lowest BCUT2D eigenvalue weighted by Crippen LogP contribution is -2.42. The first kappa shape index (κ1) is 17.1. The Balaban J connectivity index is 1.50. The number of carbonyl (C=O) groups is 2. The van der Waals surface area contributed by atoms with Gasteiger partial charge in [0.05, 0.1) is 22.6 Å². The van der Waals surface area contributed by atoms with Gasteiger partial charge in [-0.1, -0.05) is 35.5 Å². The van der Waals surface area contributed by atoms with Crippen LogP contribution in [0.1, 0.15) is 10.6 Å². The van der Waals surface area contributed by atoms with Crippen LogP contribution in [0.3, 0.4) is 0 Å². The quantitative estimate of drug-likeness (QED) is 0.518. The number of aromatic nitrogens is 2. The van der Waals surface area contributed by atoms with Crippen LogP contribution in [-0.2, 0) is 4.79 Å². The van der Waals surface area contributed by atoms with Crippen LogP contribution in [0.4, 0.5) is 0 Å². The largest absolute Gasteiger partial charge is 0.459 e. The fourth-order valence-corrected chi connectivity index (χ4v) is 2.55. The van der Waals surface area contributed by atoms with Crippen molar-refractivity contribution in [2.24, 2.45) is 0 Å². The van der Waals surface area contributed by atoms with Crippen molar-refractivity contribution in [3.8, 4) is 11.5 Å². The number of hydrazine groups is 1. The van der Waals surface area contributed by atoms with Crippen molar-refractivity contribution in [1.82, 2.24) is 21.0 Å². The monoisotopic (exact) mass is 378 g/mol. The molecule has 2 aromatic heterocycles. The zero-order valence-electron chi connectivity index (χ0n) is 12.6. The number of thioether (sulfide) groups is 1. The number of benzene rings is 1. The second-order valence-corrected chi connectivity index (χ2v) is 5.96. The van der Waals surface area contributed by atoms with Crippen LogP contribution >= 0.6 is 23.4 Å². The van der Waals surface area contributed by atoms with E-state index >= 15 is 0 Å². The van der Waals surface area contributed by atoms with E-state index in [0.29, 0.717) is 10.6 Å². The maximum Gasteiger partial charge on any atom is 0.305 e. The Hall–Kier alpha value is -2.78. The van der Waals surface area contributed by atoms with E-state index in [2.05, 4.69) is 21.0 Å². The third kappa shape index (κ3) is 4.40. The molecular weight excluding hydrogens is 368 g/mol. The van der Waals surface area contributed by atoms with Gasteiger partial charge in [-0.25, -0.2) is 0 Å². The van der Waals surface area contributed by atoms with Gasteiger partial charge in [0.25, 0.3) is 5.22 Å². The first-order valence-electron chi connectivity index (χ1n) is 6.97. The molecule has 0 saturated carbocycles. The van der Waals surface area contributed by atoms with Crippen molar-refractivity contribution in [2.75, 3.05) is 5.75 Å². The average Bonchev–Trinajstić information content (AvgIpc) is 3.30. The van der Waals surface area contributed by atoms with E-state index in [4.69, 9.17) is 20.4 Å². The first-order chi connectivity index (χ1) is 12.1. The van der Waals surface area contributed by atoms with Crippen molar-refractivity contribution in [3.05, 3.63) is 53.4 Å². The van der Waals surface area contributed by atoms with Crippen LogP contribution < -0.4 is 10.9 Å². The Bertz CT molecular complexity index is 881. The van der Waals surface area contributed by atoms with E-state index < -0.39 is 11.8 Å². The van der Waals surface area contributed by atoms with Gasteiger partial charge in [0.15, 0.2) is 5.76 Å². The summed E-state index contributed by atoms with van der Waals surface area (Å²) in [5.74, 6) is -0.666. The highest BCUT2D eigenvalue weighted by Crippen LogP contribution is 2.28. The number of rotatable bonds is 5. The summed E-state index contributed by atoms with van der Waals surface area (Å²) < 4.78 is 10.4. The molecule has 0 aliphatic heterocycles. The molecule has 2 N–H and O–H groups in total. The van der Waals surface area contributed by atoms with Crippen LogP contribution in [0.5, 0.6) is 0 Å². The number of halogens is 1. The second kappa shape index (κ2) is 7.86. The maximum atomic E-state index is 11.7. The topological polar surface area (TPSA) is 110 Å². The van der Waals surface area contributed by atoms with Crippen LogP contribution in [0, 0.1) is 0 Å². The number of furan rings is 1. The molecule has 0 radical (unpaired) electrons. The molecule has 0 aliphatic rings. The summed E-state index contributed by atoms with van der Waals surface area (Å²) in [5, 5.41) is 8.44. The lowest BCUT2D eigenvalue weighted by Gasteiger charge is -2.04. The number of nitrogens with one attached hydrogen (secondary N) is 2.